The first kappa shape index (κ1) is 20.4. The van der Waals surface area contributed by atoms with E-state index in [2.05, 4.69) is 91.0 Å². The molecule has 0 aliphatic rings. The zero-order chi connectivity index (χ0) is 23.9. The smallest absolute Gasteiger partial charge is 0.159 e. The van der Waals surface area contributed by atoms with E-state index in [1.807, 2.05) is 18.3 Å². The van der Waals surface area contributed by atoms with Crippen molar-refractivity contribution in [3.05, 3.63) is 122 Å². The first-order chi connectivity index (χ1) is 17.9. The lowest BCUT2D eigenvalue weighted by Gasteiger charge is -2.17. The normalized spacial score (nSPS) is 11.3. The molecule has 0 N–H and O–H groups in total. The molecule has 0 fully saturated rings. The van der Waals surface area contributed by atoms with Crippen LogP contribution in [0.1, 0.15) is 0 Å². The molecule has 0 spiro atoms. The Hall–Kier alpha value is -4.96. The highest BCUT2D eigenvalue weighted by Gasteiger charge is 2.21. The quantitative estimate of drug-likeness (QED) is 0.253. The van der Waals surface area contributed by atoms with Gasteiger partial charge in [-0.1, -0.05) is 97.1 Å². The van der Waals surface area contributed by atoms with Crippen LogP contribution in [0.15, 0.2) is 122 Å². The van der Waals surface area contributed by atoms with E-state index >= 15 is 0 Å². The molecule has 0 aliphatic heterocycles. The van der Waals surface area contributed by atoms with E-state index in [1.54, 1.807) is 12.4 Å². The lowest BCUT2D eigenvalue weighted by atomic mass is 9.90. The number of hydrogen-bond acceptors (Lipinski definition) is 4. The zero-order valence-corrected chi connectivity index (χ0v) is 19.3. The van der Waals surface area contributed by atoms with Crippen LogP contribution in [0.3, 0.4) is 0 Å². The van der Waals surface area contributed by atoms with Gasteiger partial charge in [0.15, 0.2) is 5.82 Å². The monoisotopic (exact) mass is 460 g/mol. The van der Waals surface area contributed by atoms with E-state index in [0.29, 0.717) is 5.82 Å². The average Bonchev–Trinajstić information content (AvgIpc) is 2.97. The summed E-state index contributed by atoms with van der Waals surface area (Å²) in [5, 5.41) is 3.25. The van der Waals surface area contributed by atoms with Crippen LogP contribution in [0.2, 0.25) is 0 Å². The minimum absolute atomic E-state index is 0.688. The third-order valence-electron chi connectivity index (χ3n) is 6.60. The predicted molar refractivity (Wildman–Crippen MR) is 146 cm³/mol. The summed E-state index contributed by atoms with van der Waals surface area (Å²) in [6.07, 6.45) is 5.38. The van der Waals surface area contributed by atoms with Crippen molar-refractivity contribution in [1.82, 2.24) is 19.9 Å². The maximum atomic E-state index is 5.19. The van der Waals surface area contributed by atoms with Gasteiger partial charge in [-0.25, -0.2) is 9.97 Å². The van der Waals surface area contributed by atoms with Gasteiger partial charge in [-0.3, -0.25) is 9.97 Å². The standard InChI is InChI=1S/C32H20N4/c1-3-10-22(11-4-1)27-28(23-12-5-2-6-13-23)31-30(33-17-18-34-31)26-20-35-32(36-29(26)27)25-16-15-21-9-7-8-14-24(21)19-25/h1-20H. The molecule has 2 heterocycles. The maximum Gasteiger partial charge on any atom is 0.159 e. The molecule has 0 unspecified atom stereocenters. The van der Waals surface area contributed by atoms with Gasteiger partial charge in [0.05, 0.1) is 11.0 Å². The van der Waals surface area contributed by atoms with E-state index in [1.165, 1.54) is 5.39 Å². The Morgan fingerprint density at radius 3 is 1.78 bits per heavy atom. The molecule has 4 heteroatoms. The van der Waals surface area contributed by atoms with Crippen molar-refractivity contribution >= 4 is 32.7 Å². The summed E-state index contributed by atoms with van der Waals surface area (Å²) in [6.45, 7) is 0. The van der Waals surface area contributed by atoms with E-state index < -0.39 is 0 Å². The van der Waals surface area contributed by atoms with Gasteiger partial charge >= 0.3 is 0 Å². The van der Waals surface area contributed by atoms with Crippen molar-refractivity contribution in [3.63, 3.8) is 0 Å². The highest BCUT2D eigenvalue weighted by molar-refractivity contribution is 6.17. The number of aromatic nitrogens is 4. The van der Waals surface area contributed by atoms with Crippen molar-refractivity contribution in [2.24, 2.45) is 0 Å². The van der Waals surface area contributed by atoms with Crippen molar-refractivity contribution < 1.29 is 0 Å². The summed E-state index contributed by atoms with van der Waals surface area (Å²) in [5.41, 5.74) is 7.72. The average molecular weight is 461 g/mol. The summed E-state index contributed by atoms with van der Waals surface area (Å²) in [4.78, 5) is 19.5. The summed E-state index contributed by atoms with van der Waals surface area (Å²) in [7, 11) is 0. The molecule has 0 amide bonds. The molecule has 5 aromatic carbocycles. The van der Waals surface area contributed by atoms with Gasteiger partial charge in [0.25, 0.3) is 0 Å². The maximum absolute atomic E-state index is 5.19. The van der Waals surface area contributed by atoms with Crippen molar-refractivity contribution in [2.45, 2.75) is 0 Å². The lowest BCUT2D eigenvalue weighted by Crippen LogP contribution is -1.98. The molecule has 36 heavy (non-hydrogen) atoms. The van der Waals surface area contributed by atoms with Gasteiger partial charge in [-0.05, 0) is 28.0 Å². The van der Waals surface area contributed by atoms with Gasteiger partial charge in [0.1, 0.15) is 5.52 Å². The van der Waals surface area contributed by atoms with Crippen molar-refractivity contribution in [1.29, 1.82) is 0 Å². The Balaban J connectivity index is 1.61. The van der Waals surface area contributed by atoms with Crippen LogP contribution in [0, 0.1) is 0 Å². The van der Waals surface area contributed by atoms with Crippen LogP contribution in [-0.2, 0) is 0 Å². The Morgan fingerprint density at radius 2 is 1.06 bits per heavy atom. The van der Waals surface area contributed by atoms with Gasteiger partial charge < -0.3 is 0 Å². The second-order valence-corrected chi connectivity index (χ2v) is 8.75. The van der Waals surface area contributed by atoms with Crippen LogP contribution >= 0.6 is 0 Å². The minimum atomic E-state index is 0.688. The van der Waals surface area contributed by atoms with Gasteiger partial charge in [-0.2, -0.15) is 0 Å². The van der Waals surface area contributed by atoms with E-state index in [-0.39, 0.29) is 0 Å². The van der Waals surface area contributed by atoms with Crippen LogP contribution < -0.4 is 0 Å². The van der Waals surface area contributed by atoms with Crippen LogP contribution in [-0.4, -0.2) is 19.9 Å². The minimum Gasteiger partial charge on any atom is -0.252 e. The molecule has 0 aliphatic carbocycles. The fraction of sp³-hybridized carbons (Fsp3) is 0. The first-order valence-electron chi connectivity index (χ1n) is 11.9. The highest BCUT2D eigenvalue weighted by Crippen LogP contribution is 2.42. The Bertz CT molecular complexity index is 1880. The molecule has 0 saturated heterocycles. The fourth-order valence-electron chi connectivity index (χ4n) is 4.94. The third kappa shape index (κ3) is 3.31. The van der Waals surface area contributed by atoms with Crippen molar-refractivity contribution in [3.8, 4) is 33.6 Å². The van der Waals surface area contributed by atoms with Gasteiger partial charge in [0, 0.05) is 40.7 Å². The predicted octanol–water partition coefficient (Wildman–Crippen LogP) is 7.73. The summed E-state index contributed by atoms with van der Waals surface area (Å²) < 4.78 is 0. The molecule has 4 nitrogen and oxygen atoms in total. The molecule has 168 valence electrons. The first-order valence-corrected chi connectivity index (χ1v) is 11.9. The zero-order valence-electron chi connectivity index (χ0n) is 19.3. The molecule has 2 aromatic heterocycles. The molecule has 0 atom stereocenters. The topological polar surface area (TPSA) is 51.6 Å². The number of hydrogen-bond donors (Lipinski definition) is 0. The summed E-state index contributed by atoms with van der Waals surface area (Å²) in [6, 6.07) is 35.5. The molecule has 0 saturated carbocycles. The molecule has 0 radical (unpaired) electrons. The lowest BCUT2D eigenvalue weighted by molar-refractivity contribution is 1.22. The highest BCUT2D eigenvalue weighted by atomic mass is 14.9. The Labute approximate surface area is 208 Å². The SMILES string of the molecule is c1ccc(-c2c(-c3ccccc3)c3nccnc3c3cnc(-c4ccc5ccccc5c4)nc23)cc1. The summed E-state index contributed by atoms with van der Waals surface area (Å²) >= 11 is 0. The van der Waals surface area contributed by atoms with E-state index in [9.17, 15) is 0 Å². The molecule has 7 aromatic rings. The number of benzene rings is 5. The van der Waals surface area contributed by atoms with Gasteiger partial charge in [0.2, 0.25) is 0 Å². The van der Waals surface area contributed by atoms with Crippen LogP contribution in [0.5, 0.6) is 0 Å². The Morgan fingerprint density at radius 1 is 0.444 bits per heavy atom. The molecular weight excluding hydrogens is 440 g/mol. The molecular formula is C32H20N4. The second kappa shape index (κ2) is 8.36. The summed E-state index contributed by atoms with van der Waals surface area (Å²) in [5.74, 6) is 0.688. The second-order valence-electron chi connectivity index (χ2n) is 8.75. The van der Waals surface area contributed by atoms with E-state index in [4.69, 9.17) is 19.9 Å². The third-order valence-corrected chi connectivity index (χ3v) is 6.60. The van der Waals surface area contributed by atoms with Gasteiger partial charge in [-0.15, -0.1) is 0 Å². The number of nitrogens with zero attached hydrogens (tertiary/aromatic N) is 4. The molecule has 7 rings (SSSR count). The molecule has 0 bridgehead atoms. The van der Waals surface area contributed by atoms with E-state index in [0.717, 1.165) is 55.1 Å². The fourth-order valence-corrected chi connectivity index (χ4v) is 4.94. The van der Waals surface area contributed by atoms with Crippen LogP contribution in [0.25, 0.3) is 66.4 Å². The van der Waals surface area contributed by atoms with Crippen LogP contribution in [0.4, 0.5) is 0 Å². The Kier molecular flexibility index (Phi) is 4.74. The van der Waals surface area contributed by atoms with Crippen molar-refractivity contribution in [2.75, 3.05) is 0 Å². The number of fused-ring (bicyclic) bond motifs is 4. The largest absolute Gasteiger partial charge is 0.252 e. The number of rotatable bonds is 3.